The summed E-state index contributed by atoms with van der Waals surface area (Å²) in [5.41, 5.74) is 2.40. The number of aromatic nitrogens is 3. The van der Waals surface area contributed by atoms with E-state index in [-0.39, 0.29) is 5.69 Å². The first kappa shape index (κ1) is 11.6. The largest absolute Gasteiger partial charge is 0.477 e. The molecule has 1 N–H and O–H groups in total. The summed E-state index contributed by atoms with van der Waals surface area (Å²) in [6.07, 6.45) is 4.10. The van der Waals surface area contributed by atoms with Crippen LogP contribution in [-0.2, 0) is 6.42 Å². The van der Waals surface area contributed by atoms with Gasteiger partial charge in [-0.2, -0.15) is 0 Å². The van der Waals surface area contributed by atoms with E-state index in [0.29, 0.717) is 17.3 Å². The Morgan fingerprint density at radius 2 is 2.24 bits per heavy atom. The molecule has 0 spiro atoms. The molecule has 0 aliphatic carbocycles. The maximum absolute atomic E-state index is 11.1. The van der Waals surface area contributed by atoms with Crippen LogP contribution in [0.5, 0.6) is 0 Å². The van der Waals surface area contributed by atoms with Crippen molar-refractivity contribution < 1.29 is 9.90 Å². The molecule has 0 aliphatic rings. The Labute approximate surface area is 99.1 Å². The number of aromatic carboxylic acids is 1. The monoisotopic (exact) mass is 233 g/mol. The van der Waals surface area contributed by atoms with Crippen molar-refractivity contribution in [2.24, 2.45) is 5.92 Å². The molecule has 2 aromatic rings. The van der Waals surface area contributed by atoms with Crippen LogP contribution in [0.4, 0.5) is 0 Å². The highest BCUT2D eigenvalue weighted by Gasteiger charge is 2.17. The van der Waals surface area contributed by atoms with E-state index < -0.39 is 5.97 Å². The van der Waals surface area contributed by atoms with Gasteiger partial charge in [0, 0.05) is 11.8 Å². The molecule has 0 fully saturated rings. The molecule has 0 unspecified atom stereocenters. The van der Waals surface area contributed by atoms with Crippen molar-refractivity contribution in [1.82, 2.24) is 14.4 Å². The Hall–Kier alpha value is -1.91. The predicted molar refractivity (Wildman–Crippen MR) is 63.2 cm³/mol. The van der Waals surface area contributed by atoms with Crippen molar-refractivity contribution in [2.75, 3.05) is 0 Å². The third-order valence-corrected chi connectivity index (χ3v) is 2.62. The number of hydrogen-bond acceptors (Lipinski definition) is 3. The van der Waals surface area contributed by atoms with Crippen LogP contribution in [0.15, 0.2) is 12.5 Å². The molecule has 0 radical (unpaired) electrons. The minimum Gasteiger partial charge on any atom is -0.477 e. The molecule has 2 heterocycles. The first-order chi connectivity index (χ1) is 8.00. The predicted octanol–water partition coefficient (Wildman–Crippen LogP) is 1.93. The van der Waals surface area contributed by atoms with Crippen LogP contribution in [0.3, 0.4) is 0 Å². The van der Waals surface area contributed by atoms with E-state index in [4.69, 9.17) is 5.11 Å². The number of rotatable bonds is 3. The number of fused-ring (bicyclic) bond motifs is 1. The van der Waals surface area contributed by atoms with Gasteiger partial charge in [-0.15, -0.1) is 0 Å². The Balaban J connectivity index is 2.66. The molecule has 17 heavy (non-hydrogen) atoms. The number of hydrogen-bond donors (Lipinski definition) is 1. The van der Waals surface area contributed by atoms with Crippen LogP contribution >= 0.6 is 0 Å². The zero-order chi connectivity index (χ0) is 12.6. The van der Waals surface area contributed by atoms with Crippen molar-refractivity contribution in [3.8, 4) is 0 Å². The normalized spacial score (nSPS) is 11.3. The Bertz CT molecular complexity index is 572. The van der Waals surface area contributed by atoms with Gasteiger partial charge in [-0.05, 0) is 19.3 Å². The summed E-state index contributed by atoms with van der Waals surface area (Å²) < 4.78 is 1.55. The van der Waals surface area contributed by atoms with Crippen LogP contribution in [0, 0.1) is 12.8 Å². The number of carboxylic acids is 1. The van der Waals surface area contributed by atoms with E-state index in [1.807, 2.05) is 0 Å². The molecule has 0 amide bonds. The van der Waals surface area contributed by atoms with E-state index in [1.165, 1.54) is 6.33 Å². The number of aryl methyl sites for hydroxylation is 1. The second kappa shape index (κ2) is 4.16. The lowest BCUT2D eigenvalue weighted by molar-refractivity contribution is 0.0688. The second-order valence-corrected chi connectivity index (χ2v) is 4.56. The second-order valence-electron chi connectivity index (χ2n) is 4.56. The van der Waals surface area contributed by atoms with E-state index in [0.717, 1.165) is 12.0 Å². The summed E-state index contributed by atoms with van der Waals surface area (Å²) in [5, 5.41) is 9.14. The van der Waals surface area contributed by atoms with Crippen LogP contribution < -0.4 is 0 Å². The lowest BCUT2D eigenvalue weighted by Crippen LogP contribution is -2.05. The molecule has 0 saturated carbocycles. The van der Waals surface area contributed by atoms with Crippen molar-refractivity contribution >= 4 is 11.6 Å². The molecule has 0 bridgehead atoms. The number of imidazole rings is 1. The Morgan fingerprint density at radius 1 is 1.53 bits per heavy atom. The van der Waals surface area contributed by atoms with E-state index >= 15 is 0 Å². The third kappa shape index (κ3) is 2.00. The van der Waals surface area contributed by atoms with Crippen LogP contribution in [0.1, 0.15) is 35.6 Å². The maximum Gasteiger partial charge on any atom is 0.354 e. The van der Waals surface area contributed by atoms with Crippen molar-refractivity contribution in [3.05, 3.63) is 29.5 Å². The van der Waals surface area contributed by atoms with Gasteiger partial charge in [0.05, 0.1) is 5.69 Å². The summed E-state index contributed by atoms with van der Waals surface area (Å²) in [6.45, 7) is 5.92. The summed E-state index contributed by atoms with van der Waals surface area (Å²) >= 11 is 0. The maximum atomic E-state index is 11.1. The summed E-state index contributed by atoms with van der Waals surface area (Å²) in [5.74, 6) is -0.494. The lowest BCUT2D eigenvalue weighted by Gasteiger charge is -2.05. The topological polar surface area (TPSA) is 67.5 Å². The van der Waals surface area contributed by atoms with Crippen molar-refractivity contribution in [1.29, 1.82) is 0 Å². The summed E-state index contributed by atoms with van der Waals surface area (Å²) in [4.78, 5) is 19.6. The van der Waals surface area contributed by atoms with E-state index in [9.17, 15) is 4.79 Å². The first-order valence-corrected chi connectivity index (χ1v) is 5.55. The van der Waals surface area contributed by atoms with Gasteiger partial charge in [0.2, 0.25) is 0 Å². The molecule has 5 heteroatoms. The minimum absolute atomic E-state index is 0.193. The summed E-state index contributed by atoms with van der Waals surface area (Å²) in [6, 6.07) is 0. The number of nitrogens with zero attached hydrogens (tertiary/aromatic N) is 3. The highest BCUT2D eigenvalue weighted by molar-refractivity contribution is 5.88. The number of carbonyl (C=O) groups is 1. The molecule has 2 rings (SSSR count). The molecule has 5 nitrogen and oxygen atoms in total. The standard InChI is InChI=1S/C12H15N3O2/c1-7(2)4-9-5-13-6-15-10(12(16)17)8(3)14-11(9)15/h5-7H,4H2,1-3H3,(H,16,17). The molecule has 0 atom stereocenters. The fourth-order valence-electron chi connectivity index (χ4n) is 1.97. The Morgan fingerprint density at radius 3 is 2.82 bits per heavy atom. The Kier molecular flexibility index (Phi) is 2.83. The molecular weight excluding hydrogens is 218 g/mol. The summed E-state index contributed by atoms with van der Waals surface area (Å²) in [7, 11) is 0. The van der Waals surface area contributed by atoms with Gasteiger partial charge in [-0.25, -0.2) is 14.8 Å². The quantitative estimate of drug-likeness (QED) is 0.879. The zero-order valence-electron chi connectivity index (χ0n) is 10.1. The van der Waals surface area contributed by atoms with Gasteiger partial charge in [-0.3, -0.25) is 4.40 Å². The first-order valence-electron chi connectivity index (χ1n) is 5.55. The fraction of sp³-hybridized carbons (Fsp3) is 0.417. The van der Waals surface area contributed by atoms with Gasteiger partial charge >= 0.3 is 5.97 Å². The van der Waals surface area contributed by atoms with Gasteiger partial charge in [0.15, 0.2) is 5.69 Å². The molecule has 0 saturated heterocycles. The zero-order valence-corrected chi connectivity index (χ0v) is 10.1. The molecule has 0 aromatic carbocycles. The average molecular weight is 233 g/mol. The van der Waals surface area contributed by atoms with Crippen molar-refractivity contribution in [3.63, 3.8) is 0 Å². The third-order valence-electron chi connectivity index (χ3n) is 2.62. The number of carboxylic acid groups (broad SMARTS) is 1. The fourth-order valence-corrected chi connectivity index (χ4v) is 1.97. The molecule has 2 aromatic heterocycles. The average Bonchev–Trinajstić information content (AvgIpc) is 2.54. The highest BCUT2D eigenvalue weighted by atomic mass is 16.4. The highest BCUT2D eigenvalue weighted by Crippen LogP contribution is 2.17. The smallest absolute Gasteiger partial charge is 0.354 e. The van der Waals surface area contributed by atoms with Crippen LogP contribution in [-0.4, -0.2) is 25.4 Å². The van der Waals surface area contributed by atoms with Crippen LogP contribution in [0.25, 0.3) is 5.65 Å². The molecule has 90 valence electrons. The van der Waals surface area contributed by atoms with Crippen molar-refractivity contribution in [2.45, 2.75) is 27.2 Å². The molecule has 0 aliphatic heterocycles. The van der Waals surface area contributed by atoms with Gasteiger partial charge in [-0.1, -0.05) is 13.8 Å². The SMILES string of the molecule is Cc1nc2c(CC(C)C)cncn2c1C(=O)O. The molecular formula is C12H15N3O2. The van der Waals surface area contributed by atoms with Gasteiger partial charge in [0.25, 0.3) is 0 Å². The van der Waals surface area contributed by atoms with E-state index in [2.05, 4.69) is 23.8 Å². The van der Waals surface area contributed by atoms with Gasteiger partial charge < -0.3 is 5.11 Å². The minimum atomic E-state index is -0.974. The van der Waals surface area contributed by atoms with E-state index in [1.54, 1.807) is 17.5 Å². The van der Waals surface area contributed by atoms with Gasteiger partial charge in [0.1, 0.15) is 12.0 Å². The lowest BCUT2D eigenvalue weighted by atomic mass is 10.1. The van der Waals surface area contributed by atoms with Crippen LogP contribution in [0.2, 0.25) is 0 Å².